The van der Waals surface area contributed by atoms with Gasteiger partial charge in [0.25, 0.3) is 0 Å². The number of nitrogen functional groups attached to an aromatic ring is 1. The molecular formula is C12H19NOS. The summed E-state index contributed by atoms with van der Waals surface area (Å²) in [5.41, 5.74) is 7.87. The second-order valence-electron chi connectivity index (χ2n) is 3.58. The van der Waals surface area contributed by atoms with Crippen molar-refractivity contribution < 1.29 is 5.11 Å². The summed E-state index contributed by atoms with van der Waals surface area (Å²) >= 11 is 1.85. The smallest absolute Gasteiger partial charge is 0.0431 e. The van der Waals surface area contributed by atoms with Gasteiger partial charge in [0.05, 0.1) is 0 Å². The first kappa shape index (κ1) is 12.4. The van der Waals surface area contributed by atoms with Crippen LogP contribution in [0, 0.1) is 0 Å². The Hall–Kier alpha value is -0.670. The highest BCUT2D eigenvalue weighted by molar-refractivity contribution is 7.98. The van der Waals surface area contributed by atoms with Crippen LogP contribution in [0.1, 0.15) is 31.7 Å². The van der Waals surface area contributed by atoms with E-state index in [1.54, 1.807) is 0 Å². The lowest BCUT2D eigenvalue weighted by Crippen LogP contribution is -1.86. The van der Waals surface area contributed by atoms with Gasteiger partial charge in [-0.3, -0.25) is 0 Å². The maximum Gasteiger partial charge on any atom is 0.0431 e. The Labute approximate surface area is 95.9 Å². The summed E-state index contributed by atoms with van der Waals surface area (Å²) in [6.45, 7) is 2.48. The predicted octanol–water partition coefficient (Wildman–Crippen LogP) is 3.04. The average molecular weight is 225 g/mol. The number of unbranched alkanes of at least 4 members (excludes halogenated alkanes) is 2. The molecule has 1 heterocycles. The molecule has 0 saturated carbocycles. The summed E-state index contributed by atoms with van der Waals surface area (Å²) in [4.78, 5) is 1.35. The van der Waals surface area contributed by atoms with Crippen LogP contribution in [0.5, 0.6) is 0 Å². The predicted molar refractivity (Wildman–Crippen MR) is 67.0 cm³/mol. The summed E-state index contributed by atoms with van der Waals surface area (Å²) in [6.07, 6.45) is 3.33. The summed E-state index contributed by atoms with van der Waals surface area (Å²) in [6, 6.07) is 6.20. The number of aliphatic hydroxyl groups excluding tert-OH is 1. The zero-order chi connectivity index (χ0) is 11.1. The Morgan fingerprint density at radius 3 is 2.73 bits per heavy atom. The molecule has 2 bridgehead atoms. The molecule has 1 aliphatic rings. The second-order valence-corrected chi connectivity index (χ2v) is 4.63. The molecule has 1 aliphatic heterocycles. The molecule has 0 fully saturated rings. The molecule has 3 heteroatoms. The van der Waals surface area contributed by atoms with Gasteiger partial charge in [0.1, 0.15) is 0 Å². The van der Waals surface area contributed by atoms with Crippen LogP contribution in [-0.2, 0) is 5.75 Å². The summed E-state index contributed by atoms with van der Waals surface area (Å²) in [5.74, 6) is 1.06. The van der Waals surface area contributed by atoms with Gasteiger partial charge in [0, 0.05) is 22.9 Å². The lowest BCUT2D eigenvalue weighted by molar-refractivity contribution is 0.284. The van der Waals surface area contributed by atoms with E-state index in [0.29, 0.717) is 6.61 Å². The van der Waals surface area contributed by atoms with Gasteiger partial charge in [-0.05, 0) is 30.2 Å². The molecule has 0 radical (unpaired) electrons. The van der Waals surface area contributed by atoms with Gasteiger partial charge in [-0.25, -0.2) is 0 Å². The minimum atomic E-state index is 0.355. The number of thioether (sulfide) groups is 1. The highest BCUT2D eigenvalue weighted by atomic mass is 32.2. The standard InChI is InChI=1S/C7H7NS.C5H12O/c8-7-2-1-6-3-5(7)4-9-6;1-2-3-4-5-6/h1-3H,4,8H2;6H,2-5H2,1H3. The maximum absolute atomic E-state index is 8.20. The highest BCUT2D eigenvalue weighted by Crippen LogP contribution is 2.34. The van der Waals surface area contributed by atoms with Gasteiger partial charge in [-0.1, -0.05) is 19.8 Å². The van der Waals surface area contributed by atoms with Crippen LogP contribution in [0.25, 0.3) is 0 Å². The molecule has 0 aliphatic carbocycles. The van der Waals surface area contributed by atoms with Gasteiger partial charge in [-0.2, -0.15) is 0 Å². The van der Waals surface area contributed by atoms with Crippen molar-refractivity contribution in [1.82, 2.24) is 0 Å². The molecule has 15 heavy (non-hydrogen) atoms. The van der Waals surface area contributed by atoms with E-state index in [0.717, 1.165) is 24.3 Å². The SMILES string of the molecule is CCCCCO.Nc1ccc2cc1CS2. The van der Waals surface area contributed by atoms with E-state index in [4.69, 9.17) is 10.8 Å². The minimum absolute atomic E-state index is 0.355. The summed E-state index contributed by atoms with van der Waals surface area (Å²) < 4.78 is 0. The molecule has 1 aromatic rings. The molecule has 0 unspecified atom stereocenters. The first-order valence-corrected chi connectivity index (χ1v) is 6.38. The summed E-state index contributed by atoms with van der Waals surface area (Å²) in [7, 11) is 0. The van der Waals surface area contributed by atoms with E-state index < -0.39 is 0 Å². The van der Waals surface area contributed by atoms with E-state index >= 15 is 0 Å². The fourth-order valence-electron chi connectivity index (χ4n) is 1.32. The zero-order valence-electron chi connectivity index (χ0n) is 9.20. The molecule has 0 spiro atoms. The number of fused-ring (bicyclic) bond motifs is 2. The molecule has 2 rings (SSSR count). The lowest BCUT2D eigenvalue weighted by atomic mass is 10.2. The Balaban J connectivity index is 0.000000167. The van der Waals surface area contributed by atoms with Crippen molar-refractivity contribution in [2.75, 3.05) is 12.3 Å². The third-order valence-electron chi connectivity index (χ3n) is 2.27. The van der Waals surface area contributed by atoms with Crippen LogP contribution in [0.2, 0.25) is 0 Å². The zero-order valence-corrected chi connectivity index (χ0v) is 10.0. The van der Waals surface area contributed by atoms with Crippen molar-refractivity contribution in [2.45, 2.75) is 36.8 Å². The van der Waals surface area contributed by atoms with Crippen LogP contribution in [-0.4, -0.2) is 11.7 Å². The maximum atomic E-state index is 8.20. The van der Waals surface area contributed by atoms with Crippen molar-refractivity contribution in [3.8, 4) is 0 Å². The topological polar surface area (TPSA) is 46.2 Å². The molecule has 84 valence electrons. The van der Waals surface area contributed by atoms with E-state index in [-0.39, 0.29) is 0 Å². The molecule has 0 aromatic heterocycles. The van der Waals surface area contributed by atoms with Gasteiger partial charge in [0.15, 0.2) is 0 Å². The number of hydrogen-bond donors (Lipinski definition) is 2. The fraction of sp³-hybridized carbons (Fsp3) is 0.500. The Bertz CT molecular complexity index is 298. The second kappa shape index (κ2) is 6.75. The first-order chi connectivity index (χ1) is 7.27. The monoisotopic (exact) mass is 225 g/mol. The molecular weight excluding hydrogens is 206 g/mol. The van der Waals surface area contributed by atoms with Crippen molar-refractivity contribution in [3.05, 3.63) is 23.8 Å². The number of rotatable bonds is 3. The van der Waals surface area contributed by atoms with Crippen molar-refractivity contribution in [1.29, 1.82) is 0 Å². The molecule has 2 nitrogen and oxygen atoms in total. The Morgan fingerprint density at radius 2 is 2.20 bits per heavy atom. The third kappa shape index (κ3) is 4.14. The van der Waals surface area contributed by atoms with E-state index in [9.17, 15) is 0 Å². The van der Waals surface area contributed by atoms with Crippen LogP contribution in [0.15, 0.2) is 23.1 Å². The summed E-state index contributed by atoms with van der Waals surface area (Å²) in [5, 5.41) is 8.20. The Morgan fingerprint density at radius 1 is 1.40 bits per heavy atom. The largest absolute Gasteiger partial charge is 0.398 e. The number of benzene rings is 1. The van der Waals surface area contributed by atoms with Crippen LogP contribution in [0.4, 0.5) is 5.69 Å². The van der Waals surface area contributed by atoms with Crippen LogP contribution in [0.3, 0.4) is 0 Å². The first-order valence-electron chi connectivity index (χ1n) is 5.40. The molecule has 0 saturated heterocycles. The van der Waals surface area contributed by atoms with E-state index in [1.165, 1.54) is 16.9 Å². The quantitative estimate of drug-likeness (QED) is 0.614. The number of aliphatic hydroxyl groups is 1. The third-order valence-corrected chi connectivity index (χ3v) is 3.31. The molecule has 0 atom stereocenters. The van der Waals surface area contributed by atoms with Crippen molar-refractivity contribution >= 4 is 17.4 Å². The fourth-order valence-corrected chi connectivity index (χ4v) is 2.28. The molecule has 1 aromatic carbocycles. The van der Waals surface area contributed by atoms with Gasteiger partial charge >= 0.3 is 0 Å². The number of nitrogens with two attached hydrogens (primary N) is 1. The van der Waals surface area contributed by atoms with E-state index in [2.05, 4.69) is 19.1 Å². The van der Waals surface area contributed by atoms with Crippen LogP contribution < -0.4 is 5.73 Å². The lowest BCUT2D eigenvalue weighted by Gasteiger charge is -1.92. The average Bonchev–Trinajstić information content (AvgIpc) is 2.66. The molecule has 3 N–H and O–H groups in total. The molecule has 0 amide bonds. The van der Waals surface area contributed by atoms with Crippen molar-refractivity contribution in [3.63, 3.8) is 0 Å². The minimum Gasteiger partial charge on any atom is -0.398 e. The Kier molecular flexibility index (Phi) is 5.58. The number of anilines is 1. The van der Waals surface area contributed by atoms with Gasteiger partial charge < -0.3 is 10.8 Å². The van der Waals surface area contributed by atoms with Gasteiger partial charge in [0.2, 0.25) is 0 Å². The van der Waals surface area contributed by atoms with Crippen LogP contribution >= 0.6 is 11.8 Å². The highest BCUT2D eigenvalue weighted by Gasteiger charge is 2.08. The van der Waals surface area contributed by atoms with E-state index in [1.807, 2.05) is 17.8 Å². The normalized spacial score (nSPS) is 12.1. The number of hydrogen-bond acceptors (Lipinski definition) is 3. The van der Waals surface area contributed by atoms with Crippen molar-refractivity contribution in [2.24, 2.45) is 0 Å². The van der Waals surface area contributed by atoms with Gasteiger partial charge in [-0.15, -0.1) is 11.8 Å².